The van der Waals surface area contributed by atoms with Crippen molar-refractivity contribution in [3.05, 3.63) is 35.9 Å². The first-order valence-electron chi connectivity index (χ1n) is 7.44. The number of terminal acetylenes is 1. The van der Waals surface area contributed by atoms with Crippen molar-refractivity contribution in [1.82, 2.24) is 10.6 Å². The van der Waals surface area contributed by atoms with Crippen LogP contribution in [0.5, 0.6) is 0 Å². The van der Waals surface area contributed by atoms with Crippen LogP contribution in [0, 0.1) is 12.3 Å². The molecule has 0 amide bonds. The maximum Gasteiger partial charge on any atom is 0.192 e. The zero-order chi connectivity index (χ0) is 15.2. The van der Waals surface area contributed by atoms with Gasteiger partial charge in [0.1, 0.15) is 0 Å². The van der Waals surface area contributed by atoms with Gasteiger partial charge >= 0.3 is 0 Å². The molecule has 0 aliphatic carbocycles. The van der Waals surface area contributed by atoms with Gasteiger partial charge in [0.25, 0.3) is 0 Å². The number of nitrogens with zero attached hydrogens (tertiary/aromatic N) is 1. The Bertz CT molecular complexity index is 437. The fourth-order valence-electron chi connectivity index (χ4n) is 1.77. The van der Waals surface area contributed by atoms with Crippen LogP contribution in [0.1, 0.15) is 18.9 Å². The molecule has 0 saturated carbocycles. The molecule has 21 heavy (non-hydrogen) atoms. The summed E-state index contributed by atoms with van der Waals surface area (Å²) >= 11 is 0. The highest BCUT2D eigenvalue weighted by molar-refractivity contribution is 5.79. The van der Waals surface area contributed by atoms with Crippen LogP contribution < -0.4 is 10.6 Å². The van der Waals surface area contributed by atoms with E-state index in [-0.39, 0.29) is 0 Å². The molecular weight excluding hydrogens is 262 g/mol. The lowest BCUT2D eigenvalue weighted by Crippen LogP contribution is -2.37. The van der Waals surface area contributed by atoms with E-state index in [1.54, 1.807) is 0 Å². The summed E-state index contributed by atoms with van der Waals surface area (Å²) in [6.45, 7) is 5.54. The highest BCUT2D eigenvalue weighted by Gasteiger charge is 1.95. The lowest BCUT2D eigenvalue weighted by molar-refractivity contribution is 0.136. The second-order valence-electron chi connectivity index (χ2n) is 4.52. The minimum absolute atomic E-state index is 0.486. The third kappa shape index (κ3) is 8.72. The van der Waals surface area contributed by atoms with Crippen molar-refractivity contribution >= 4 is 5.96 Å². The molecule has 114 valence electrons. The fourth-order valence-corrected chi connectivity index (χ4v) is 1.77. The minimum atomic E-state index is 0.486. The maximum atomic E-state index is 5.62. The molecule has 0 unspecified atom stereocenters. The molecule has 0 aliphatic rings. The van der Waals surface area contributed by atoms with Crippen LogP contribution in [-0.2, 0) is 11.2 Å². The summed E-state index contributed by atoms with van der Waals surface area (Å²) in [5, 5.41) is 6.20. The first kappa shape index (κ1) is 17.1. The van der Waals surface area contributed by atoms with E-state index < -0.39 is 0 Å². The molecule has 0 heterocycles. The summed E-state index contributed by atoms with van der Waals surface area (Å²) in [7, 11) is 0. The molecule has 0 aromatic heterocycles. The van der Waals surface area contributed by atoms with Crippen LogP contribution in [0.3, 0.4) is 0 Å². The van der Waals surface area contributed by atoms with Gasteiger partial charge in [0.2, 0.25) is 0 Å². The van der Waals surface area contributed by atoms with Gasteiger partial charge in [-0.15, -0.1) is 6.42 Å². The van der Waals surface area contributed by atoms with Gasteiger partial charge in [0, 0.05) is 19.7 Å². The van der Waals surface area contributed by atoms with Crippen molar-refractivity contribution in [3.8, 4) is 12.3 Å². The maximum absolute atomic E-state index is 5.62. The molecule has 0 atom stereocenters. The monoisotopic (exact) mass is 287 g/mol. The van der Waals surface area contributed by atoms with Gasteiger partial charge in [-0.2, -0.15) is 0 Å². The largest absolute Gasteiger partial charge is 0.381 e. The van der Waals surface area contributed by atoms with Crippen molar-refractivity contribution in [2.75, 3.05) is 32.8 Å². The molecule has 1 rings (SSSR count). The summed E-state index contributed by atoms with van der Waals surface area (Å²) < 4.78 is 5.62. The Labute approximate surface area is 128 Å². The molecule has 1 aromatic rings. The fraction of sp³-hybridized carbons (Fsp3) is 0.471. The van der Waals surface area contributed by atoms with Crippen LogP contribution >= 0.6 is 0 Å². The third-order valence-corrected chi connectivity index (χ3v) is 2.80. The number of rotatable bonds is 9. The third-order valence-electron chi connectivity index (χ3n) is 2.80. The Kier molecular flexibility index (Phi) is 9.59. The number of aliphatic imine (C=N–C) groups is 1. The summed E-state index contributed by atoms with van der Waals surface area (Å²) in [5.41, 5.74) is 1.31. The lowest BCUT2D eigenvalue weighted by Gasteiger charge is -2.08. The van der Waals surface area contributed by atoms with Gasteiger partial charge in [0.15, 0.2) is 5.96 Å². The summed E-state index contributed by atoms with van der Waals surface area (Å²) in [6, 6.07) is 10.4. The van der Waals surface area contributed by atoms with Crippen LogP contribution in [0.15, 0.2) is 35.3 Å². The number of benzene rings is 1. The molecule has 4 heteroatoms. The Morgan fingerprint density at radius 1 is 1.24 bits per heavy atom. The molecular formula is C17H25N3O. The van der Waals surface area contributed by atoms with E-state index in [2.05, 4.69) is 45.8 Å². The smallest absolute Gasteiger partial charge is 0.192 e. The number of hydrogen-bond donors (Lipinski definition) is 2. The number of ether oxygens (including phenoxy) is 1. The topological polar surface area (TPSA) is 45.7 Å². The van der Waals surface area contributed by atoms with Crippen LogP contribution in [-0.4, -0.2) is 38.8 Å². The van der Waals surface area contributed by atoms with E-state index in [0.29, 0.717) is 6.54 Å². The van der Waals surface area contributed by atoms with E-state index in [4.69, 9.17) is 11.2 Å². The van der Waals surface area contributed by atoms with Crippen LogP contribution in [0.25, 0.3) is 0 Å². The van der Waals surface area contributed by atoms with Gasteiger partial charge < -0.3 is 15.4 Å². The molecule has 0 fully saturated rings. The lowest BCUT2D eigenvalue weighted by atomic mass is 10.2. The van der Waals surface area contributed by atoms with Crippen molar-refractivity contribution in [2.45, 2.75) is 19.8 Å². The van der Waals surface area contributed by atoms with E-state index in [9.17, 15) is 0 Å². The summed E-state index contributed by atoms with van der Waals surface area (Å²) in [5.74, 6) is 3.30. The van der Waals surface area contributed by atoms with Crippen LogP contribution in [0.2, 0.25) is 0 Å². The molecule has 2 N–H and O–H groups in total. The molecule has 1 aromatic carbocycles. The van der Waals surface area contributed by atoms with Crippen molar-refractivity contribution < 1.29 is 4.74 Å². The predicted octanol–water partition coefficient (Wildman–Crippen LogP) is 1.82. The Hall–Kier alpha value is -1.99. The summed E-state index contributed by atoms with van der Waals surface area (Å²) in [4.78, 5) is 4.43. The Balaban J connectivity index is 2.08. The van der Waals surface area contributed by atoms with E-state index in [1.807, 2.05) is 13.0 Å². The second-order valence-corrected chi connectivity index (χ2v) is 4.52. The van der Waals surface area contributed by atoms with E-state index in [0.717, 1.165) is 45.1 Å². The van der Waals surface area contributed by atoms with Crippen molar-refractivity contribution in [1.29, 1.82) is 0 Å². The van der Waals surface area contributed by atoms with Gasteiger partial charge in [0.05, 0.1) is 13.2 Å². The first-order valence-corrected chi connectivity index (χ1v) is 7.44. The predicted molar refractivity (Wildman–Crippen MR) is 88.4 cm³/mol. The van der Waals surface area contributed by atoms with Crippen molar-refractivity contribution in [3.63, 3.8) is 0 Å². The first-order chi connectivity index (χ1) is 10.4. The molecule has 0 radical (unpaired) electrons. The zero-order valence-electron chi connectivity index (χ0n) is 12.8. The molecule has 0 spiro atoms. The summed E-state index contributed by atoms with van der Waals surface area (Å²) in [6.07, 6.45) is 7.07. The van der Waals surface area contributed by atoms with E-state index in [1.165, 1.54) is 5.56 Å². The van der Waals surface area contributed by atoms with Gasteiger partial charge in [-0.25, -0.2) is 0 Å². The Morgan fingerprint density at radius 3 is 2.76 bits per heavy atom. The van der Waals surface area contributed by atoms with Gasteiger partial charge in [-0.3, -0.25) is 4.99 Å². The average Bonchev–Trinajstić information content (AvgIpc) is 2.52. The number of nitrogens with one attached hydrogen (secondary N) is 2. The quantitative estimate of drug-likeness (QED) is 0.315. The molecule has 4 nitrogen and oxygen atoms in total. The number of hydrogen-bond acceptors (Lipinski definition) is 2. The normalized spacial score (nSPS) is 11.0. The van der Waals surface area contributed by atoms with Crippen molar-refractivity contribution in [2.24, 2.45) is 4.99 Å². The highest BCUT2D eigenvalue weighted by Crippen LogP contribution is 1.99. The van der Waals surface area contributed by atoms with Gasteiger partial charge in [-0.1, -0.05) is 36.3 Å². The zero-order valence-corrected chi connectivity index (χ0v) is 12.8. The minimum Gasteiger partial charge on any atom is -0.381 e. The number of guanidine groups is 1. The molecule has 0 aliphatic heterocycles. The molecule has 0 saturated heterocycles. The SMILES string of the molecule is C#CCNC(=NCCCOCCc1ccccc1)NCC. The second kappa shape index (κ2) is 11.8. The highest BCUT2D eigenvalue weighted by atomic mass is 16.5. The Morgan fingerprint density at radius 2 is 2.05 bits per heavy atom. The van der Waals surface area contributed by atoms with Gasteiger partial charge in [-0.05, 0) is 25.3 Å². The van der Waals surface area contributed by atoms with Crippen LogP contribution in [0.4, 0.5) is 0 Å². The molecule has 0 bridgehead atoms. The van der Waals surface area contributed by atoms with E-state index >= 15 is 0 Å². The average molecular weight is 287 g/mol. The standard InChI is InChI=1S/C17H25N3O/c1-3-12-19-17(18-4-2)20-13-8-14-21-15-11-16-9-6-5-7-10-16/h1,5-7,9-10H,4,8,11-15H2,2H3,(H2,18,19,20).